The summed E-state index contributed by atoms with van der Waals surface area (Å²) < 4.78 is 77.0. The van der Waals surface area contributed by atoms with Crippen LogP contribution in [0.1, 0.15) is 12.0 Å². The molecule has 180 valence electrons. The molecule has 1 unspecified atom stereocenters. The monoisotopic (exact) mass is 488 g/mol. The molecule has 3 rings (SSSR count). The van der Waals surface area contributed by atoms with E-state index in [9.17, 15) is 26.4 Å². The Hall–Kier alpha value is -2.99. The maximum Gasteiger partial charge on any atom is 0.573 e. The van der Waals surface area contributed by atoms with E-state index in [1.807, 2.05) is 0 Å². The van der Waals surface area contributed by atoms with Gasteiger partial charge in [-0.3, -0.25) is 4.79 Å². The van der Waals surface area contributed by atoms with Gasteiger partial charge in [0.1, 0.15) is 23.9 Å². The quantitative estimate of drug-likeness (QED) is 0.583. The number of sulfonamides is 1. The topological polar surface area (TPSA) is 94.2 Å². The van der Waals surface area contributed by atoms with Gasteiger partial charge in [0.2, 0.25) is 10.0 Å². The fourth-order valence-electron chi connectivity index (χ4n) is 3.23. The summed E-state index contributed by atoms with van der Waals surface area (Å²) in [6.45, 7) is 2.16. The molecule has 1 fully saturated rings. The first-order valence-corrected chi connectivity index (χ1v) is 11.6. The number of aryl methyl sites for hydroxylation is 1. The summed E-state index contributed by atoms with van der Waals surface area (Å²) in [5.41, 5.74) is 1.36. The Balaban J connectivity index is 1.59. The average molecular weight is 488 g/mol. The number of hydrogen-bond acceptors (Lipinski definition) is 6. The van der Waals surface area contributed by atoms with Crippen molar-refractivity contribution in [2.75, 3.05) is 30.9 Å². The third-order valence-corrected chi connectivity index (χ3v) is 6.21. The van der Waals surface area contributed by atoms with Crippen LogP contribution in [0.5, 0.6) is 17.2 Å². The van der Waals surface area contributed by atoms with Crippen LogP contribution in [0.3, 0.4) is 0 Å². The van der Waals surface area contributed by atoms with Gasteiger partial charge in [0, 0.05) is 18.7 Å². The van der Waals surface area contributed by atoms with Crippen molar-refractivity contribution in [3.8, 4) is 17.2 Å². The highest BCUT2D eigenvalue weighted by atomic mass is 32.2. The van der Waals surface area contributed by atoms with E-state index < -0.39 is 22.5 Å². The second-order valence-electron chi connectivity index (χ2n) is 7.23. The second kappa shape index (κ2) is 9.87. The van der Waals surface area contributed by atoms with Gasteiger partial charge in [0.05, 0.1) is 5.75 Å². The molecule has 0 bridgehead atoms. The fourth-order valence-corrected chi connectivity index (χ4v) is 3.74. The second-order valence-corrected chi connectivity index (χ2v) is 9.27. The highest BCUT2D eigenvalue weighted by Crippen LogP contribution is 2.30. The third kappa shape index (κ3) is 6.75. The van der Waals surface area contributed by atoms with E-state index in [1.165, 1.54) is 19.2 Å². The zero-order chi connectivity index (χ0) is 24.2. The standard InChI is InChI=1S/C21H23F3N2O6S/c1-14-13-15(3-8-18(14)30-11-12-33(28,29)25-2)26-10-9-19(20(26)27)31-16-4-6-17(7-5-16)32-21(22,23)24/h3-8,13,19,25H,9-12H2,1-2H3. The summed E-state index contributed by atoms with van der Waals surface area (Å²) in [5, 5.41) is 0. The number of amides is 1. The smallest absolute Gasteiger partial charge is 0.492 e. The summed E-state index contributed by atoms with van der Waals surface area (Å²) in [6, 6.07) is 9.96. The van der Waals surface area contributed by atoms with Crippen LogP contribution >= 0.6 is 0 Å². The summed E-state index contributed by atoms with van der Waals surface area (Å²) >= 11 is 0. The number of halogens is 3. The summed E-state index contributed by atoms with van der Waals surface area (Å²) in [7, 11) is -2.04. The number of ether oxygens (including phenoxy) is 3. The summed E-state index contributed by atoms with van der Waals surface area (Å²) in [6.07, 6.45) is -5.16. The van der Waals surface area contributed by atoms with Gasteiger partial charge >= 0.3 is 6.36 Å². The minimum atomic E-state index is -4.78. The SMILES string of the molecule is CNS(=O)(=O)CCOc1ccc(N2CCC(Oc3ccc(OC(F)(F)F)cc3)C2=O)cc1C. The number of nitrogens with one attached hydrogen (secondary N) is 1. The molecule has 0 radical (unpaired) electrons. The lowest BCUT2D eigenvalue weighted by molar-refractivity contribution is -0.274. The van der Waals surface area contributed by atoms with Gasteiger partial charge in [0.25, 0.3) is 5.91 Å². The number of nitrogens with zero attached hydrogens (tertiary/aromatic N) is 1. The molecule has 1 aliphatic heterocycles. The minimum Gasteiger partial charge on any atom is -0.492 e. The van der Waals surface area contributed by atoms with Gasteiger partial charge in [-0.15, -0.1) is 13.2 Å². The third-order valence-electron chi connectivity index (χ3n) is 4.88. The lowest BCUT2D eigenvalue weighted by Crippen LogP contribution is -2.32. The van der Waals surface area contributed by atoms with Crippen molar-refractivity contribution in [1.29, 1.82) is 0 Å². The van der Waals surface area contributed by atoms with Crippen LogP contribution in [0.2, 0.25) is 0 Å². The van der Waals surface area contributed by atoms with Crippen LogP contribution in [-0.4, -0.2) is 52.7 Å². The van der Waals surface area contributed by atoms with Crippen LogP contribution in [0, 0.1) is 6.92 Å². The first-order chi connectivity index (χ1) is 15.5. The highest BCUT2D eigenvalue weighted by molar-refractivity contribution is 7.89. The molecule has 0 saturated carbocycles. The maximum absolute atomic E-state index is 12.8. The number of carbonyl (C=O) groups is 1. The number of rotatable bonds is 9. The molecule has 0 aromatic heterocycles. The summed E-state index contributed by atoms with van der Waals surface area (Å²) in [4.78, 5) is 14.3. The molecule has 1 amide bonds. The molecule has 0 aliphatic carbocycles. The molecule has 1 saturated heterocycles. The Bertz CT molecular complexity index is 1090. The van der Waals surface area contributed by atoms with Crippen LogP contribution in [0.4, 0.5) is 18.9 Å². The number of carbonyl (C=O) groups excluding carboxylic acids is 1. The van der Waals surface area contributed by atoms with Crippen LogP contribution < -0.4 is 23.8 Å². The Labute approximate surface area is 189 Å². The molecule has 2 aromatic rings. The van der Waals surface area contributed by atoms with Crippen molar-refractivity contribution < 1.29 is 40.6 Å². The molecule has 1 aliphatic rings. The van der Waals surface area contributed by atoms with Gasteiger partial charge in [-0.25, -0.2) is 13.1 Å². The molecule has 12 heteroatoms. The Morgan fingerprint density at radius 3 is 2.39 bits per heavy atom. The minimum absolute atomic E-state index is 0.0191. The molecule has 8 nitrogen and oxygen atoms in total. The van der Waals surface area contributed by atoms with Crippen LogP contribution in [-0.2, 0) is 14.8 Å². The van der Waals surface area contributed by atoms with E-state index in [1.54, 1.807) is 30.0 Å². The zero-order valence-corrected chi connectivity index (χ0v) is 18.7. The molecule has 1 N–H and O–H groups in total. The average Bonchev–Trinajstić information content (AvgIpc) is 3.09. The van der Waals surface area contributed by atoms with Crippen molar-refractivity contribution >= 4 is 21.6 Å². The van der Waals surface area contributed by atoms with Crippen molar-refractivity contribution in [3.63, 3.8) is 0 Å². The zero-order valence-electron chi connectivity index (χ0n) is 17.9. The highest BCUT2D eigenvalue weighted by Gasteiger charge is 2.35. The molecule has 33 heavy (non-hydrogen) atoms. The van der Waals surface area contributed by atoms with Gasteiger partial charge in [0.15, 0.2) is 6.10 Å². The van der Waals surface area contributed by atoms with Crippen LogP contribution in [0.25, 0.3) is 0 Å². The molecule has 1 heterocycles. The molecular formula is C21H23F3N2O6S. The van der Waals surface area contributed by atoms with E-state index in [-0.39, 0.29) is 29.8 Å². The van der Waals surface area contributed by atoms with E-state index in [2.05, 4.69) is 9.46 Å². The van der Waals surface area contributed by atoms with Crippen molar-refractivity contribution in [3.05, 3.63) is 48.0 Å². The maximum atomic E-state index is 12.8. The van der Waals surface area contributed by atoms with Crippen molar-refractivity contribution in [1.82, 2.24) is 4.72 Å². The van der Waals surface area contributed by atoms with E-state index in [4.69, 9.17) is 9.47 Å². The number of alkyl halides is 3. The predicted octanol–water partition coefficient (Wildman–Crippen LogP) is 3.01. The number of benzene rings is 2. The summed E-state index contributed by atoms with van der Waals surface area (Å²) in [5.74, 6) is -0.0846. The predicted molar refractivity (Wildman–Crippen MR) is 114 cm³/mol. The fraction of sp³-hybridized carbons (Fsp3) is 0.381. The van der Waals surface area contributed by atoms with Gasteiger partial charge in [-0.2, -0.15) is 0 Å². The Kier molecular flexibility index (Phi) is 7.38. The molecule has 2 aromatic carbocycles. The molecule has 0 spiro atoms. The van der Waals surface area contributed by atoms with Gasteiger partial charge < -0.3 is 19.1 Å². The Morgan fingerprint density at radius 1 is 1.12 bits per heavy atom. The van der Waals surface area contributed by atoms with Gasteiger partial charge in [-0.05, 0) is 62.0 Å². The largest absolute Gasteiger partial charge is 0.573 e. The first-order valence-electron chi connectivity index (χ1n) is 9.96. The van der Waals surface area contributed by atoms with Gasteiger partial charge in [-0.1, -0.05) is 0 Å². The number of anilines is 1. The Morgan fingerprint density at radius 2 is 1.79 bits per heavy atom. The van der Waals surface area contributed by atoms with E-state index in [0.717, 1.165) is 17.7 Å². The molecular weight excluding hydrogens is 465 g/mol. The van der Waals surface area contributed by atoms with Crippen LogP contribution in [0.15, 0.2) is 42.5 Å². The van der Waals surface area contributed by atoms with Crippen molar-refractivity contribution in [2.24, 2.45) is 0 Å². The molecule has 1 atom stereocenters. The van der Waals surface area contributed by atoms with E-state index >= 15 is 0 Å². The first kappa shape index (κ1) is 24.6. The number of hydrogen-bond donors (Lipinski definition) is 1. The van der Waals surface area contributed by atoms with E-state index in [0.29, 0.717) is 24.4 Å². The normalized spacial score (nSPS) is 16.7. The lowest BCUT2D eigenvalue weighted by Gasteiger charge is -2.19. The van der Waals surface area contributed by atoms with Crippen molar-refractivity contribution in [2.45, 2.75) is 25.8 Å². The lowest BCUT2D eigenvalue weighted by atomic mass is 10.2.